The Labute approximate surface area is 123 Å². The van der Waals surface area contributed by atoms with Crippen molar-refractivity contribution in [1.82, 2.24) is 4.90 Å². The number of hydrogen-bond acceptors (Lipinski definition) is 3. The second-order valence-electron chi connectivity index (χ2n) is 6.36. The molecule has 0 bridgehead atoms. The van der Waals surface area contributed by atoms with E-state index < -0.39 is 0 Å². The van der Waals surface area contributed by atoms with E-state index in [2.05, 4.69) is 24.1 Å². The highest BCUT2D eigenvalue weighted by Crippen LogP contribution is 2.27. The summed E-state index contributed by atoms with van der Waals surface area (Å²) in [5.74, 6) is 1.81. The van der Waals surface area contributed by atoms with Gasteiger partial charge in [-0.1, -0.05) is 18.6 Å². The first-order chi connectivity index (χ1) is 9.54. The van der Waals surface area contributed by atoms with Crippen LogP contribution in [0.5, 0.6) is 5.75 Å². The Hall–Kier alpha value is -1.06. The summed E-state index contributed by atoms with van der Waals surface area (Å²) in [6.45, 7) is 6.17. The van der Waals surface area contributed by atoms with Crippen LogP contribution in [0.3, 0.4) is 0 Å². The molecule has 1 aliphatic rings. The molecule has 1 atom stereocenters. The Balaban J connectivity index is 1.83. The van der Waals surface area contributed by atoms with Crippen molar-refractivity contribution in [2.75, 3.05) is 20.1 Å². The van der Waals surface area contributed by atoms with Crippen LogP contribution in [0.2, 0.25) is 0 Å². The van der Waals surface area contributed by atoms with Crippen molar-refractivity contribution in [2.24, 2.45) is 11.7 Å². The van der Waals surface area contributed by atoms with Crippen LogP contribution < -0.4 is 10.5 Å². The van der Waals surface area contributed by atoms with Crippen LogP contribution in [0.15, 0.2) is 24.3 Å². The van der Waals surface area contributed by atoms with E-state index in [1.807, 2.05) is 26.0 Å². The van der Waals surface area contributed by atoms with E-state index >= 15 is 0 Å². The fourth-order valence-electron chi connectivity index (χ4n) is 2.70. The first-order valence-corrected chi connectivity index (χ1v) is 7.75. The Bertz CT molecular complexity index is 398. The number of likely N-dealkylation sites (N-methyl/N-ethyl adjacent to an activating group) is 1. The van der Waals surface area contributed by atoms with Gasteiger partial charge in [0, 0.05) is 19.1 Å². The first kappa shape index (κ1) is 15.3. The van der Waals surface area contributed by atoms with Crippen molar-refractivity contribution in [3.05, 3.63) is 29.8 Å². The second-order valence-corrected chi connectivity index (χ2v) is 6.36. The molecule has 0 spiro atoms. The molecule has 1 aliphatic carbocycles. The zero-order valence-corrected chi connectivity index (χ0v) is 13.0. The number of nitrogens with zero attached hydrogens (tertiary/aromatic N) is 1. The van der Waals surface area contributed by atoms with Gasteiger partial charge in [-0.25, -0.2) is 0 Å². The summed E-state index contributed by atoms with van der Waals surface area (Å²) in [5.41, 5.74) is 7.48. The van der Waals surface area contributed by atoms with Crippen LogP contribution in [0.1, 0.15) is 44.7 Å². The highest BCUT2D eigenvalue weighted by Gasteiger charge is 2.20. The summed E-state index contributed by atoms with van der Waals surface area (Å²) in [6.07, 6.45) is 4.40. The van der Waals surface area contributed by atoms with Crippen LogP contribution >= 0.6 is 0 Å². The Morgan fingerprint density at radius 1 is 1.25 bits per heavy atom. The standard InChI is InChI=1S/C17H28N2O/c1-13(2)20-16-9-7-15(8-10-16)17(18)12-19(3)11-14-5-4-6-14/h7-10,13-14,17H,4-6,11-12,18H2,1-3H3. The number of benzene rings is 1. The predicted molar refractivity (Wildman–Crippen MR) is 84.0 cm³/mol. The lowest BCUT2D eigenvalue weighted by Gasteiger charge is -2.31. The van der Waals surface area contributed by atoms with E-state index in [9.17, 15) is 0 Å². The van der Waals surface area contributed by atoms with Gasteiger partial charge in [0.15, 0.2) is 0 Å². The summed E-state index contributed by atoms with van der Waals surface area (Å²) in [7, 11) is 2.18. The molecular formula is C17H28N2O. The number of hydrogen-bond donors (Lipinski definition) is 1. The number of ether oxygens (including phenoxy) is 1. The average Bonchev–Trinajstić information content (AvgIpc) is 2.34. The molecule has 1 aromatic carbocycles. The lowest BCUT2D eigenvalue weighted by Crippen LogP contribution is -2.34. The van der Waals surface area contributed by atoms with E-state index in [4.69, 9.17) is 10.5 Å². The largest absolute Gasteiger partial charge is 0.491 e. The maximum Gasteiger partial charge on any atom is 0.119 e. The second kappa shape index (κ2) is 7.09. The Morgan fingerprint density at radius 3 is 2.40 bits per heavy atom. The molecule has 20 heavy (non-hydrogen) atoms. The molecule has 1 unspecified atom stereocenters. The highest BCUT2D eigenvalue weighted by atomic mass is 16.5. The van der Waals surface area contributed by atoms with Gasteiger partial charge in [-0.2, -0.15) is 0 Å². The summed E-state index contributed by atoms with van der Waals surface area (Å²) in [5, 5.41) is 0. The van der Waals surface area contributed by atoms with E-state index in [0.29, 0.717) is 0 Å². The quantitative estimate of drug-likeness (QED) is 0.831. The van der Waals surface area contributed by atoms with Gasteiger partial charge in [0.05, 0.1) is 6.10 Å². The van der Waals surface area contributed by atoms with Crippen LogP contribution in [-0.2, 0) is 0 Å². The fraction of sp³-hybridized carbons (Fsp3) is 0.647. The molecule has 2 N–H and O–H groups in total. The summed E-state index contributed by atoms with van der Waals surface area (Å²) < 4.78 is 5.65. The lowest BCUT2D eigenvalue weighted by atomic mass is 9.85. The van der Waals surface area contributed by atoms with Gasteiger partial charge in [-0.3, -0.25) is 0 Å². The number of nitrogens with two attached hydrogens (primary N) is 1. The molecule has 2 rings (SSSR count). The molecule has 0 saturated heterocycles. The molecule has 1 fully saturated rings. The molecule has 1 aromatic rings. The van der Waals surface area contributed by atoms with Crippen LogP contribution in [-0.4, -0.2) is 31.1 Å². The topological polar surface area (TPSA) is 38.5 Å². The summed E-state index contributed by atoms with van der Waals surface area (Å²) >= 11 is 0. The van der Waals surface area contributed by atoms with Gasteiger partial charge in [-0.05, 0) is 57.4 Å². The van der Waals surface area contributed by atoms with Gasteiger partial charge in [-0.15, -0.1) is 0 Å². The molecule has 3 nitrogen and oxygen atoms in total. The van der Waals surface area contributed by atoms with Crippen LogP contribution in [0, 0.1) is 5.92 Å². The van der Waals surface area contributed by atoms with E-state index in [1.54, 1.807) is 0 Å². The summed E-state index contributed by atoms with van der Waals surface area (Å²) in [4.78, 5) is 2.37. The zero-order valence-electron chi connectivity index (χ0n) is 13.0. The maximum absolute atomic E-state index is 6.30. The van der Waals surface area contributed by atoms with Crippen molar-refractivity contribution >= 4 is 0 Å². The minimum Gasteiger partial charge on any atom is -0.491 e. The molecule has 112 valence electrons. The van der Waals surface area contributed by atoms with Crippen molar-refractivity contribution in [2.45, 2.75) is 45.3 Å². The molecule has 3 heteroatoms. The first-order valence-electron chi connectivity index (χ1n) is 7.75. The third-order valence-corrected chi connectivity index (χ3v) is 3.98. The van der Waals surface area contributed by atoms with Gasteiger partial charge in [0.2, 0.25) is 0 Å². The molecule has 1 saturated carbocycles. The number of rotatable bonds is 7. The smallest absolute Gasteiger partial charge is 0.119 e. The Kier molecular flexibility index (Phi) is 5.44. The van der Waals surface area contributed by atoms with E-state index in [1.165, 1.54) is 31.4 Å². The molecule has 0 radical (unpaired) electrons. The maximum atomic E-state index is 6.30. The van der Waals surface area contributed by atoms with Crippen molar-refractivity contribution in [3.63, 3.8) is 0 Å². The molecule has 0 aliphatic heterocycles. The van der Waals surface area contributed by atoms with Crippen LogP contribution in [0.4, 0.5) is 0 Å². The van der Waals surface area contributed by atoms with Crippen LogP contribution in [0.25, 0.3) is 0 Å². The van der Waals surface area contributed by atoms with Gasteiger partial charge < -0.3 is 15.4 Å². The van der Waals surface area contributed by atoms with E-state index in [0.717, 1.165) is 18.2 Å². The zero-order chi connectivity index (χ0) is 14.5. The normalized spacial score (nSPS) is 17.3. The molecule has 0 amide bonds. The summed E-state index contributed by atoms with van der Waals surface area (Å²) in [6, 6.07) is 8.27. The van der Waals surface area contributed by atoms with Crippen molar-refractivity contribution in [1.29, 1.82) is 0 Å². The average molecular weight is 276 g/mol. The third-order valence-electron chi connectivity index (χ3n) is 3.98. The van der Waals surface area contributed by atoms with Crippen molar-refractivity contribution in [3.8, 4) is 5.75 Å². The minimum atomic E-state index is 0.0770. The van der Waals surface area contributed by atoms with E-state index in [-0.39, 0.29) is 12.1 Å². The minimum absolute atomic E-state index is 0.0770. The SMILES string of the molecule is CC(C)Oc1ccc(C(N)CN(C)CC2CCC2)cc1. The van der Waals surface area contributed by atoms with Gasteiger partial charge >= 0.3 is 0 Å². The van der Waals surface area contributed by atoms with Crippen molar-refractivity contribution < 1.29 is 4.74 Å². The van der Waals surface area contributed by atoms with Gasteiger partial charge in [0.25, 0.3) is 0 Å². The molecular weight excluding hydrogens is 248 g/mol. The monoisotopic (exact) mass is 276 g/mol. The molecule has 0 aromatic heterocycles. The third kappa shape index (κ3) is 4.50. The van der Waals surface area contributed by atoms with Gasteiger partial charge in [0.1, 0.15) is 5.75 Å². The highest BCUT2D eigenvalue weighted by molar-refractivity contribution is 5.29. The Morgan fingerprint density at radius 2 is 1.90 bits per heavy atom. The lowest BCUT2D eigenvalue weighted by molar-refractivity contribution is 0.198. The fourth-order valence-corrected chi connectivity index (χ4v) is 2.70. The predicted octanol–water partition coefficient (Wildman–Crippen LogP) is 3.21. The molecule has 0 heterocycles.